The second-order valence-electron chi connectivity index (χ2n) is 3.46. The Bertz CT molecular complexity index is 535. The SMILES string of the molecule is [2H]c1c([2H])c2c(c([2H])c1CC(C)NCC)OC([2H])([2H])O2. The fourth-order valence-corrected chi connectivity index (χ4v) is 1.49. The minimum absolute atomic E-state index is 0.0460. The second kappa shape index (κ2) is 4.53. The van der Waals surface area contributed by atoms with Gasteiger partial charge in [0.05, 0.1) is 4.11 Å². The molecule has 0 amide bonds. The van der Waals surface area contributed by atoms with Gasteiger partial charge in [0.15, 0.2) is 11.5 Å². The Balaban J connectivity index is 2.44. The Morgan fingerprint density at radius 2 is 2.33 bits per heavy atom. The number of ether oxygens (including phenoxy) is 2. The highest BCUT2D eigenvalue weighted by Gasteiger charge is 2.13. The summed E-state index contributed by atoms with van der Waals surface area (Å²) in [7, 11) is 0. The maximum Gasteiger partial charge on any atom is 0.231 e. The van der Waals surface area contributed by atoms with Crippen LogP contribution in [0.1, 0.15) is 26.3 Å². The molecule has 1 aromatic carbocycles. The third kappa shape index (κ3) is 2.42. The second-order valence-corrected chi connectivity index (χ2v) is 3.46. The van der Waals surface area contributed by atoms with E-state index in [1.807, 2.05) is 13.8 Å². The zero-order valence-electron chi connectivity index (χ0n) is 13.8. The van der Waals surface area contributed by atoms with Crippen LogP contribution in [0.25, 0.3) is 0 Å². The highest BCUT2D eigenvalue weighted by atomic mass is 16.7. The molecule has 0 bridgehead atoms. The van der Waals surface area contributed by atoms with Gasteiger partial charge in [-0.25, -0.2) is 0 Å². The Labute approximate surface area is 97.4 Å². The summed E-state index contributed by atoms with van der Waals surface area (Å²) in [4.78, 5) is 0. The average molecular weight is 212 g/mol. The lowest BCUT2D eigenvalue weighted by molar-refractivity contribution is 0.174. The van der Waals surface area contributed by atoms with Crippen LogP contribution in [0, 0.1) is 0 Å². The molecule has 1 aromatic rings. The number of likely N-dealkylation sites (N-methyl/N-ethyl adjacent to an activating group) is 1. The first-order valence-corrected chi connectivity index (χ1v) is 5.00. The fourth-order valence-electron chi connectivity index (χ4n) is 1.49. The van der Waals surface area contributed by atoms with Crippen LogP contribution in [-0.2, 0) is 6.42 Å². The number of hydrogen-bond donors (Lipinski definition) is 1. The maximum atomic E-state index is 8.06. The van der Waals surface area contributed by atoms with Crippen LogP contribution in [0.4, 0.5) is 0 Å². The largest absolute Gasteiger partial charge is 0.454 e. The number of nitrogens with one attached hydrogen (secondary N) is 1. The highest BCUT2D eigenvalue weighted by molar-refractivity contribution is 5.44. The number of benzene rings is 1. The van der Waals surface area contributed by atoms with Crippen LogP contribution in [0.3, 0.4) is 0 Å². The van der Waals surface area contributed by atoms with E-state index in [-0.39, 0.29) is 35.7 Å². The standard InChI is InChI=1S/C12H17NO2/c1-3-13-9(2)6-10-4-5-11-12(7-10)15-8-14-11/h4-5,7,9,13H,3,6,8H2,1-2H3/i4D,5D,7D,8D2. The molecule has 1 N–H and O–H groups in total. The van der Waals surface area contributed by atoms with Crippen LogP contribution in [0.15, 0.2) is 18.1 Å². The first-order chi connectivity index (χ1) is 9.26. The number of fused-ring (bicyclic) bond motifs is 1. The molecule has 3 nitrogen and oxygen atoms in total. The smallest absolute Gasteiger partial charge is 0.231 e. The molecule has 1 atom stereocenters. The van der Waals surface area contributed by atoms with Gasteiger partial charge in [-0.2, -0.15) is 0 Å². The molecule has 82 valence electrons. The van der Waals surface area contributed by atoms with Crippen molar-refractivity contribution in [1.82, 2.24) is 5.32 Å². The van der Waals surface area contributed by atoms with Gasteiger partial charge in [0, 0.05) is 6.04 Å². The zero-order chi connectivity index (χ0) is 15.1. The molecular formula is C12H17NO2. The molecule has 0 fully saturated rings. The summed E-state index contributed by atoms with van der Waals surface area (Å²) in [5.74, 6) is -0.250. The van der Waals surface area contributed by atoms with E-state index in [0.29, 0.717) is 12.0 Å². The summed E-state index contributed by atoms with van der Waals surface area (Å²) < 4.78 is 48.5. The van der Waals surface area contributed by atoms with Crippen molar-refractivity contribution < 1.29 is 16.3 Å². The van der Waals surface area contributed by atoms with E-state index in [0.717, 1.165) is 6.54 Å². The quantitative estimate of drug-likeness (QED) is 0.827. The van der Waals surface area contributed by atoms with Crippen LogP contribution < -0.4 is 14.8 Å². The predicted molar refractivity (Wildman–Crippen MR) is 59.4 cm³/mol. The third-order valence-corrected chi connectivity index (χ3v) is 2.15. The summed E-state index contributed by atoms with van der Waals surface area (Å²) in [5.41, 5.74) is 0.364. The summed E-state index contributed by atoms with van der Waals surface area (Å²) in [6.45, 7) is 2.27. The lowest BCUT2D eigenvalue weighted by Gasteiger charge is -2.12. The van der Waals surface area contributed by atoms with Gasteiger partial charge in [0.1, 0.15) is 2.74 Å². The van der Waals surface area contributed by atoms with E-state index >= 15 is 0 Å². The zero-order valence-corrected chi connectivity index (χ0v) is 8.81. The monoisotopic (exact) mass is 212 g/mol. The molecule has 1 heterocycles. The molecule has 0 radical (unpaired) electrons. The minimum Gasteiger partial charge on any atom is -0.454 e. The van der Waals surface area contributed by atoms with Gasteiger partial charge < -0.3 is 14.8 Å². The molecule has 0 aromatic heterocycles. The Morgan fingerprint density at radius 1 is 1.53 bits per heavy atom. The van der Waals surface area contributed by atoms with Crippen molar-refractivity contribution >= 4 is 0 Å². The molecule has 3 heteroatoms. The lowest BCUT2D eigenvalue weighted by Crippen LogP contribution is -2.27. The summed E-state index contributed by atoms with van der Waals surface area (Å²) in [6, 6.07) is -0.382. The molecule has 15 heavy (non-hydrogen) atoms. The Kier molecular flexibility index (Phi) is 1.74. The van der Waals surface area contributed by atoms with E-state index < -0.39 is 6.75 Å². The first kappa shape index (κ1) is 5.75. The normalized spacial score (nSPS) is 23.5. The van der Waals surface area contributed by atoms with Crippen LogP contribution >= 0.6 is 0 Å². The molecule has 1 aliphatic heterocycles. The van der Waals surface area contributed by atoms with Crippen molar-refractivity contribution in [1.29, 1.82) is 0 Å². The molecule has 1 aliphatic rings. The average Bonchev–Trinajstić information content (AvgIpc) is 2.69. The van der Waals surface area contributed by atoms with Gasteiger partial charge >= 0.3 is 0 Å². The van der Waals surface area contributed by atoms with Gasteiger partial charge in [-0.1, -0.05) is 13.0 Å². The Morgan fingerprint density at radius 3 is 3.13 bits per heavy atom. The lowest BCUT2D eigenvalue weighted by atomic mass is 10.1. The molecule has 0 saturated heterocycles. The molecule has 2 rings (SSSR count). The summed E-state index contributed by atoms with van der Waals surface area (Å²) >= 11 is 0. The summed E-state index contributed by atoms with van der Waals surface area (Å²) in [6.07, 6.45) is 0.400. The van der Waals surface area contributed by atoms with Crippen molar-refractivity contribution in [2.45, 2.75) is 26.3 Å². The highest BCUT2D eigenvalue weighted by Crippen LogP contribution is 2.32. The number of hydrogen-bond acceptors (Lipinski definition) is 3. The van der Waals surface area contributed by atoms with Gasteiger partial charge in [-0.05, 0) is 37.5 Å². The van der Waals surface area contributed by atoms with Gasteiger partial charge in [0.25, 0.3) is 0 Å². The molecule has 0 aliphatic carbocycles. The molecule has 1 unspecified atom stereocenters. The summed E-state index contributed by atoms with van der Waals surface area (Å²) in [5, 5.41) is 3.18. The first-order valence-electron chi connectivity index (χ1n) is 7.50. The van der Waals surface area contributed by atoms with Crippen LogP contribution in [0.5, 0.6) is 11.5 Å². The fraction of sp³-hybridized carbons (Fsp3) is 0.500. The predicted octanol–water partition coefficient (Wildman–Crippen LogP) is 1.96. The molecule has 0 saturated carbocycles. The van der Waals surface area contributed by atoms with Crippen molar-refractivity contribution in [3.05, 3.63) is 23.7 Å². The topological polar surface area (TPSA) is 30.5 Å². The number of rotatable bonds is 4. The van der Waals surface area contributed by atoms with Crippen molar-refractivity contribution in [2.75, 3.05) is 13.3 Å². The van der Waals surface area contributed by atoms with Crippen LogP contribution in [0.2, 0.25) is 0 Å². The molecular weight excluding hydrogens is 190 g/mol. The molecule has 0 spiro atoms. The Hall–Kier alpha value is -1.22. The minimum atomic E-state index is -2.38. The van der Waals surface area contributed by atoms with E-state index in [4.69, 9.17) is 16.3 Å². The third-order valence-electron chi connectivity index (χ3n) is 2.15. The van der Waals surface area contributed by atoms with Crippen molar-refractivity contribution in [2.24, 2.45) is 0 Å². The van der Waals surface area contributed by atoms with Gasteiger partial charge in [-0.3, -0.25) is 0 Å². The van der Waals surface area contributed by atoms with E-state index in [1.54, 1.807) is 0 Å². The van der Waals surface area contributed by atoms with E-state index in [2.05, 4.69) is 5.32 Å². The van der Waals surface area contributed by atoms with Gasteiger partial charge in [0.2, 0.25) is 6.75 Å². The van der Waals surface area contributed by atoms with Crippen molar-refractivity contribution in [3.63, 3.8) is 0 Å². The van der Waals surface area contributed by atoms with Gasteiger partial charge in [-0.15, -0.1) is 0 Å². The maximum absolute atomic E-state index is 8.06. The van der Waals surface area contributed by atoms with E-state index in [1.165, 1.54) is 0 Å². The van der Waals surface area contributed by atoms with Crippen LogP contribution in [-0.4, -0.2) is 19.3 Å². The van der Waals surface area contributed by atoms with E-state index in [9.17, 15) is 0 Å². The van der Waals surface area contributed by atoms with Crippen molar-refractivity contribution in [3.8, 4) is 11.5 Å².